The molecule has 1 fully saturated rings. The van der Waals surface area contributed by atoms with Crippen LogP contribution in [-0.4, -0.2) is 23.1 Å². The van der Waals surface area contributed by atoms with Crippen molar-refractivity contribution in [1.82, 2.24) is 4.90 Å². The first-order valence-corrected chi connectivity index (χ1v) is 7.78. The van der Waals surface area contributed by atoms with Gasteiger partial charge in [0.1, 0.15) is 5.60 Å². The number of hydrogen-bond acceptors (Lipinski definition) is 2. The molecule has 2 rings (SSSR count). The van der Waals surface area contributed by atoms with Gasteiger partial charge >= 0.3 is 6.09 Å². The van der Waals surface area contributed by atoms with E-state index >= 15 is 0 Å². The highest BCUT2D eigenvalue weighted by Gasteiger charge is 2.42. The molecular weight excluding hydrogens is 318 g/mol. The van der Waals surface area contributed by atoms with Crippen LogP contribution in [0.15, 0.2) is 28.7 Å². The lowest BCUT2D eigenvalue weighted by molar-refractivity contribution is 0.00993. The topological polar surface area (TPSA) is 29.5 Å². The minimum atomic E-state index is -0.460. The fraction of sp³-hybridized carbons (Fsp3) is 0.562. The number of ether oxygens (including phenoxy) is 1. The van der Waals surface area contributed by atoms with Gasteiger partial charge in [0.2, 0.25) is 0 Å². The van der Waals surface area contributed by atoms with Gasteiger partial charge in [-0.05, 0) is 58.2 Å². The van der Waals surface area contributed by atoms with Crippen molar-refractivity contribution in [2.75, 3.05) is 6.54 Å². The third-order valence-corrected chi connectivity index (χ3v) is 4.19. The highest BCUT2D eigenvalue weighted by atomic mass is 79.9. The molecule has 4 heteroatoms. The Kier molecular flexibility index (Phi) is 4.14. The number of nitrogens with zero attached hydrogens (tertiary/aromatic N) is 1. The SMILES string of the molecule is CC(C)(C)OC(=O)N1CCCC1(C)c1cccc(Br)c1. The Morgan fingerprint density at radius 1 is 1.40 bits per heavy atom. The molecule has 3 nitrogen and oxygen atoms in total. The summed E-state index contributed by atoms with van der Waals surface area (Å²) in [6.45, 7) is 8.57. The zero-order chi connectivity index (χ0) is 15.0. The van der Waals surface area contributed by atoms with E-state index in [0.717, 1.165) is 29.4 Å². The molecule has 1 saturated heterocycles. The summed E-state index contributed by atoms with van der Waals surface area (Å²) in [5.41, 5.74) is 0.402. The van der Waals surface area contributed by atoms with Gasteiger partial charge in [0.25, 0.3) is 0 Å². The first kappa shape index (κ1) is 15.4. The number of rotatable bonds is 1. The van der Waals surface area contributed by atoms with Gasteiger partial charge in [0, 0.05) is 11.0 Å². The van der Waals surface area contributed by atoms with Gasteiger partial charge in [-0.1, -0.05) is 28.1 Å². The monoisotopic (exact) mass is 339 g/mol. The van der Waals surface area contributed by atoms with Crippen LogP contribution in [-0.2, 0) is 10.3 Å². The van der Waals surface area contributed by atoms with E-state index in [9.17, 15) is 4.79 Å². The van der Waals surface area contributed by atoms with Gasteiger partial charge in [0.05, 0.1) is 5.54 Å². The van der Waals surface area contributed by atoms with Crippen molar-refractivity contribution >= 4 is 22.0 Å². The van der Waals surface area contributed by atoms with Gasteiger partial charge in [-0.15, -0.1) is 0 Å². The van der Waals surface area contributed by atoms with Crippen LogP contribution in [0.1, 0.15) is 46.1 Å². The minimum absolute atomic E-state index is 0.225. The average Bonchev–Trinajstić information content (AvgIpc) is 2.70. The second kappa shape index (κ2) is 5.40. The molecule has 20 heavy (non-hydrogen) atoms. The number of amides is 1. The number of likely N-dealkylation sites (tertiary alicyclic amines) is 1. The minimum Gasteiger partial charge on any atom is -0.444 e. The molecule has 0 spiro atoms. The van der Waals surface area contributed by atoms with Gasteiger partial charge < -0.3 is 4.74 Å². The number of benzene rings is 1. The van der Waals surface area contributed by atoms with Gasteiger partial charge in [-0.25, -0.2) is 4.79 Å². The van der Waals surface area contributed by atoms with Crippen molar-refractivity contribution in [2.24, 2.45) is 0 Å². The number of hydrogen-bond donors (Lipinski definition) is 0. The molecule has 0 aromatic heterocycles. The molecule has 1 unspecified atom stereocenters. The summed E-state index contributed by atoms with van der Waals surface area (Å²) in [5.74, 6) is 0. The maximum Gasteiger partial charge on any atom is 0.411 e. The van der Waals surface area contributed by atoms with Crippen molar-refractivity contribution < 1.29 is 9.53 Å². The molecule has 1 amide bonds. The van der Waals surface area contributed by atoms with Crippen molar-refractivity contribution in [1.29, 1.82) is 0 Å². The van der Waals surface area contributed by atoms with E-state index in [-0.39, 0.29) is 11.6 Å². The third kappa shape index (κ3) is 3.17. The molecule has 0 saturated carbocycles. The molecule has 1 aromatic carbocycles. The van der Waals surface area contributed by atoms with Crippen LogP contribution in [0.3, 0.4) is 0 Å². The van der Waals surface area contributed by atoms with Gasteiger partial charge in [-0.2, -0.15) is 0 Å². The Morgan fingerprint density at radius 2 is 2.10 bits per heavy atom. The highest BCUT2D eigenvalue weighted by Crippen LogP contribution is 2.40. The molecule has 1 atom stereocenters. The van der Waals surface area contributed by atoms with Gasteiger partial charge in [0.15, 0.2) is 0 Å². The Hall–Kier alpha value is -1.03. The van der Waals surface area contributed by atoms with Crippen molar-refractivity contribution in [3.8, 4) is 0 Å². The van der Waals surface area contributed by atoms with E-state index in [1.807, 2.05) is 37.8 Å². The summed E-state index contributed by atoms with van der Waals surface area (Å²) in [5, 5.41) is 0. The lowest BCUT2D eigenvalue weighted by Gasteiger charge is -2.37. The molecule has 0 aliphatic carbocycles. The van der Waals surface area contributed by atoms with Crippen molar-refractivity contribution in [3.63, 3.8) is 0 Å². The van der Waals surface area contributed by atoms with Crippen LogP contribution in [0.5, 0.6) is 0 Å². The van der Waals surface area contributed by atoms with Crippen LogP contribution in [0.25, 0.3) is 0 Å². The number of carbonyl (C=O) groups excluding carboxylic acids is 1. The molecule has 0 bridgehead atoms. The van der Waals surface area contributed by atoms with E-state index in [1.54, 1.807) is 0 Å². The van der Waals surface area contributed by atoms with Crippen LogP contribution in [0.2, 0.25) is 0 Å². The second-order valence-electron chi connectivity index (χ2n) is 6.52. The summed E-state index contributed by atoms with van der Waals surface area (Å²) < 4.78 is 6.58. The molecule has 0 N–H and O–H groups in total. The highest BCUT2D eigenvalue weighted by molar-refractivity contribution is 9.10. The molecular formula is C16H22BrNO2. The lowest BCUT2D eigenvalue weighted by Crippen LogP contribution is -2.45. The lowest BCUT2D eigenvalue weighted by atomic mass is 9.89. The largest absolute Gasteiger partial charge is 0.444 e. The van der Waals surface area contributed by atoms with Crippen LogP contribution >= 0.6 is 15.9 Å². The summed E-state index contributed by atoms with van der Waals surface area (Å²) >= 11 is 3.50. The molecule has 1 heterocycles. The van der Waals surface area contributed by atoms with Crippen LogP contribution in [0.4, 0.5) is 4.79 Å². The number of carbonyl (C=O) groups is 1. The van der Waals surface area contributed by atoms with Crippen LogP contribution in [0, 0.1) is 0 Å². The summed E-state index contributed by atoms with van der Waals surface area (Å²) in [6.07, 6.45) is 1.74. The van der Waals surface area contributed by atoms with E-state index in [1.165, 1.54) is 0 Å². The second-order valence-corrected chi connectivity index (χ2v) is 7.44. The Bertz CT molecular complexity index is 509. The zero-order valence-corrected chi connectivity index (χ0v) is 14.2. The zero-order valence-electron chi connectivity index (χ0n) is 12.6. The summed E-state index contributed by atoms with van der Waals surface area (Å²) in [6, 6.07) is 8.17. The van der Waals surface area contributed by atoms with Crippen molar-refractivity contribution in [2.45, 2.75) is 51.7 Å². The van der Waals surface area contributed by atoms with E-state index in [4.69, 9.17) is 4.74 Å². The van der Waals surface area contributed by atoms with E-state index in [2.05, 4.69) is 35.0 Å². The quantitative estimate of drug-likeness (QED) is 0.742. The third-order valence-electron chi connectivity index (χ3n) is 3.70. The molecule has 1 aromatic rings. The normalized spacial score (nSPS) is 22.9. The predicted octanol–water partition coefficient (Wildman–Crippen LogP) is 4.70. The van der Waals surface area contributed by atoms with E-state index < -0.39 is 5.60 Å². The number of halogens is 1. The maximum absolute atomic E-state index is 12.4. The summed E-state index contributed by atoms with van der Waals surface area (Å²) in [4.78, 5) is 14.3. The van der Waals surface area contributed by atoms with E-state index in [0.29, 0.717) is 0 Å². The smallest absolute Gasteiger partial charge is 0.411 e. The Morgan fingerprint density at radius 3 is 2.70 bits per heavy atom. The Labute approximate surface area is 129 Å². The van der Waals surface area contributed by atoms with Gasteiger partial charge in [-0.3, -0.25) is 4.90 Å². The maximum atomic E-state index is 12.4. The fourth-order valence-corrected chi connectivity index (χ4v) is 3.10. The standard InChI is InChI=1S/C16H22BrNO2/c1-15(2,3)20-14(19)18-10-6-9-16(18,4)12-7-5-8-13(17)11-12/h5,7-8,11H,6,9-10H2,1-4H3. The molecule has 110 valence electrons. The first-order valence-electron chi connectivity index (χ1n) is 6.99. The molecule has 0 radical (unpaired) electrons. The summed E-state index contributed by atoms with van der Waals surface area (Å²) in [7, 11) is 0. The Balaban J connectivity index is 2.28. The van der Waals surface area contributed by atoms with Crippen LogP contribution < -0.4 is 0 Å². The predicted molar refractivity (Wildman–Crippen MR) is 83.7 cm³/mol. The molecule has 1 aliphatic rings. The average molecular weight is 340 g/mol. The van der Waals surface area contributed by atoms with Crippen molar-refractivity contribution in [3.05, 3.63) is 34.3 Å². The molecule has 1 aliphatic heterocycles. The fourth-order valence-electron chi connectivity index (χ4n) is 2.70. The first-order chi connectivity index (χ1) is 9.22.